The number of halogens is 1. The van der Waals surface area contributed by atoms with Crippen LogP contribution in [0, 0.1) is 0 Å². The summed E-state index contributed by atoms with van der Waals surface area (Å²) in [7, 11) is 0. The lowest BCUT2D eigenvalue weighted by molar-refractivity contribution is 0.240. The summed E-state index contributed by atoms with van der Waals surface area (Å²) in [6.07, 6.45) is 4.35. The van der Waals surface area contributed by atoms with Gasteiger partial charge in [0.1, 0.15) is 5.82 Å². The Balaban J connectivity index is 1.62. The van der Waals surface area contributed by atoms with E-state index in [9.17, 15) is 4.79 Å². The Bertz CT molecular complexity index is 938. The van der Waals surface area contributed by atoms with E-state index in [4.69, 9.17) is 16.6 Å². The van der Waals surface area contributed by atoms with Gasteiger partial charge in [0.2, 0.25) is 0 Å². The fraction of sp³-hybridized carbons (Fsp3) is 0.211. The summed E-state index contributed by atoms with van der Waals surface area (Å²) in [5, 5.41) is 0.659. The van der Waals surface area contributed by atoms with Gasteiger partial charge < -0.3 is 4.98 Å². The number of rotatable bonds is 3. The van der Waals surface area contributed by atoms with Crippen LogP contribution in [0.2, 0.25) is 5.02 Å². The predicted molar refractivity (Wildman–Crippen MR) is 97.4 cm³/mol. The van der Waals surface area contributed by atoms with E-state index in [0.29, 0.717) is 23.8 Å². The van der Waals surface area contributed by atoms with Crippen molar-refractivity contribution in [2.75, 3.05) is 6.54 Å². The zero-order valence-corrected chi connectivity index (χ0v) is 14.3. The number of nitrogens with zero attached hydrogens (tertiary/aromatic N) is 3. The van der Waals surface area contributed by atoms with Crippen LogP contribution in [0.25, 0.3) is 11.4 Å². The molecule has 126 valence electrons. The summed E-state index contributed by atoms with van der Waals surface area (Å²) in [5.74, 6) is 0.587. The van der Waals surface area contributed by atoms with Crippen molar-refractivity contribution in [2.24, 2.45) is 0 Å². The fourth-order valence-electron chi connectivity index (χ4n) is 3.12. The molecule has 3 aromatic rings. The molecule has 4 rings (SSSR count). The van der Waals surface area contributed by atoms with Gasteiger partial charge in [0.15, 0.2) is 0 Å². The number of hydrogen-bond acceptors (Lipinski definition) is 4. The molecular formula is C19H17ClN4O. The minimum Gasteiger partial charge on any atom is -0.306 e. The van der Waals surface area contributed by atoms with E-state index < -0.39 is 0 Å². The van der Waals surface area contributed by atoms with Crippen LogP contribution in [0.15, 0.2) is 53.6 Å². The fourth-order valence-corrected chi connectivity index (χ4v) is 3.25. The van der Waals surface area contributed by atoms with E-state index in [1.165, 1.54) is 0 Å². The number of nitrogens with one attached hydrogen (secondary N) is 1. The van der Waals surface area contributed by atoms with E-state index in [1.54, 1.807) is 18.3 Å². The maximum absolute atomic E-state index is 12.4. The minimum absolute atomic E-state index is 0.0454. The summed E-state index contributed by atoms with van der Waals surface area (Å²) in [5.41, 5.74) is 3.61. The first-order valence-electron chi connectivity index (χ1n) is 8.18. The molecule has 0 fully saturated rings. The average molecular weight is 353 g/mol. The summed E-state index contributed by atoms with van der Waals surface area (Å²) in [6, 6.07) is 11.3. The highest BCUT2D eigenvalue weighted by Crippen LogP contribution is 2.21. The average Bonchev–Trinajstić information content (AvgIpc) is 2.63. The van der Waals surface area contributed by atoms with Gasteiger partial charge in [-0.15, -0.1) is 0 Å². The molecule has 0 saturated carbocycles. The standard InChI is InChI=1S/C19H17ClN4O/c20-15-5-3-14(4-6-15)18-22-17-12-24(9-7-16(17)19(25)23-18)11-13-2-1-8-21-10-13/h1-6,8,10H,7,9,11-12H2,(H,22,23,25). The van der Waals surface area contributed by atoms with Crippen molar-refractivity contribution in [3.8, 4) is 11.4 Å². The van der Waals surface area contributed by atoms with Crippen molar-refractivity contribution < 1.29 is 0 Å². The molecule has 1 aromatic carbocycles. The van der Waals surface area contributed by atoms with Crippen molar-refractivity contribution >= 4 is 11.6 Å². The molecule has 1 N–H and O–H groups in total. The number of fused-ring (bicyclic) bond motifs is 1. The molecule has 0 spiro atoms. The van der Waals surface area contributed by atoms with Gasteiger partial charge in [-0.3, -0.25) is 14.7 Å². The zero-order chi connectivity index (χ0) is 17.2. The van der Waals surface area contributed by atoms with Crippen LogP contribution in [0.4, 0.5) is 0 Å². The Morgan fingerprint density at radius 2 is 2.04 bits per heavy atom. The third-order valence-corrected chi connectivity index (χ3v) is 4.65. The second-order valence-electron chi connectivity index (χ2n) is 6.17. The van der Waals surface area contributed by atoms with Gasteiger partial charge in [-0.1, -0.05) is 17.7 Å². The molecule has 0 atom stereocenters. The third kappa shape index (κ3) is 3.48. The van der Waals surface area contributed by atoms with Gasteiger partial charge in [-0.25, -0.2) is 4.98 Å². The van der Waals surface area contributed by atoms with Crippen LogP contribution in [-0.2, 0) is 19.5 Å². The van der Waals surface area contributed by atoms with Crippen molar-refractivity contribution in [2.45, 2.75) is 19.5 Å². The molecule has 0 aliphatic carbocycles. The Morgan fingerprint density at radius 1 is 1.20 bits per heavy atom. The first-order chi connectivity index (χ1) is 12.2. The maximum atomic E-state index is 12.4. The summed E-state index contributed by atoms with van der Waals surface area (Å²) in [4.78, 5) is 26.5. The van der Waals surface area contributed by atoms with Gasteiger partial charge in [0.25, 0.3) is 5.56 Å². The number of H-pyrrole nitrogens is 1. The normalized spacial score (nSPS) is 14.3. The highest BCUT2D eigenvalue weighted by molar-refractivity contribution is 6.30. The molecule has 0 unspecified atom stereocenters. The van der Waals surface area contributed by atoms with Gasteiger partial charge in [0, 0.05) is 48.2 Å². The molecule has 25 heavy (non-hydrogen) atoms. The molecule has 0 radical (unpaired) electrons. The molecular weight excluding hydrogens is 336 g/mol. The lowest BCUT2D eigenvalue weighted by atomic mass is 10.1. The Morgan fingerprint density at radius 3 is 2.80 bits per heavy atom. The van der Waals surface area contributed by atoms with E-state index in [2.05, 4.69) is 20.9 Å². The van der Waals surface area contributed by atoms with E-state index in [-0.39, 0.29) is 5.56 Å². The molecule has 3 heterocycles. The van der Waals surface area contributed by atoms with Crippen LogP contribution in [-0.4, -0.2) is 26.4 Å². The molecule has 1 aliphatic rings. The second kappa shape index (κ2) is 6.78. The highest BCUT2D eigenvalue weighted by Gasteiger charge is 2.21. The van der Waals surface area contributed by atoms with Crippen LogP contribution >= 0.6 is 11.6 Å². The Kier molecular flexibility index (Phi) is 4.34. The largest absolute Gasteiger partial charge is 0.306 e. The number of benzene rings is 1. The van der Waals surface area contributed by atoms with Crippen LogP contribution < -0.4 is 5.56 Å². The third-order valence-electron chi connectivity index (χ3n) is 4.40. The Hall–Kier alpha value is -2.50. The first-order valence-corrected chi connectivity index (χ1v) is 8.56. The summed E-state index contributed by atoms with van der Waals surface area (Å²) >= 11 is 5.94. The van der Waals surface area contributed by atoms with Crippen molar-refractivity contribution in [1.82, 2.24) is 19.9 Å². The molecule has 6 heteroatoms. The van der Waals surface area contributed by atoms with Gasteiger partial charge >= 0.3 is 0 Å². The number of aromatic amines is 1. The predicted octanol–water partition coefficient (Wildman–Crippen LogP) is 3.04. The minimum atomic E-state index is -0.0454. The lowest BCUT2D eigenvalue weighted by Crippen LogP contribution is -2.35. The van der Waals surface area contributed by atoms with Crippen molar-refractivity contribution in [1.29, 1.82) is 0 Å². The molecule has 0 amide bonds. The second-order valence-corrected chi connectivity index (χ2v) is 6.61. The monoisotopic (exact) mass is 352 g/mol. The summed E-state index contributed by atoms with van der Waals surface area (Å²) < 4.78 is 0. The van der Waals surface area contributed by atoms with Gasteiger partial charge in [0.05, 0.1) is 5.69 Å². The summed E-state index contributed by atoms with van der Waals surface area (Å²) in [6.45, 7) is 2.31. The van der Waals surface area contributed by atoms with E-state index in [0.717, 1.165) is 35.5 Å². The van der Waals surface area contributed by atoms with E-state index in [1.807, 2.05) is 24.4 Å². The van der Waals surface area contributed by atoms with E-state index >= 15 is 0 Å². The first kappa shape index (κ1) is 16.0. The van der Waals surface area contributed by atoms with Gasteiger partial charge in [-0.05, 0) is 42.3 Å². The van der Waals surface area contributed by atoms with Crippen molar-refractivity contribution in [3.63, 3.8) is 0 Å². The zero-order valence-electron chi connectivity index (χ0n) is 13.6. The quantitative estimate of drug-likeness (QED) is 0.787. The number of hydrogen-bond donors (Lipinski definition) is 1. The number of aromatic nitrogens is 3. The molecule has 2 aromatic heterocycles. The smallest absolute Gasteiger partial charge is 0.254 e. The van der Waals surface area contributed by atoms with Gasteiger partial charge in [-0.2, -0.15) is 0 Å². The lowest BCUT2D eigenvalue weighted by Gasteiger charge is -2.27. The molecule has 0 saturated heterocycles. The molecule has 5 nitrogen and oxygen atoms in total. The van der Waals surface area contributed by atoms with Crippen molar-refractivity contribution in [3.05, 3.63) is 81.0 Å². The number of pyridine rings is 1. The molecule has 0 bridgehead atoms. The van der Waals surface area contributed by atoms with Crippen LogP contribution in [0.1, 0.15) is 16.8 Å². The maximum Gasteiger partial charge on any atom is 0.254 e. The topological polar surface area (TPSA) is 61.9 Å². The van der Waals surface area contributed by atoms with Crippen LogP contribution in [0.5, 0.6) is 0 Å². The Labute approximate surface area is 150 Å². The SMILES string of the molecule is O=c1[nH]c(-c2ccc(Cl)cc2)nc2c1CCN(Cc1cccnc1)C2. The highest BCUT2D eigenvalue weighted by atomic mass is 35.5. The molecule has 1 aliphatic heterocycles. The van der Waals surface area contributed by atoms with Crippen LogP contribution in [0.3, 0.4) is 0 Å².